The number of aromatic carboxylic acids is 1. The van der Waals surface area contributed by atoms with Crippen LogP contribution >= 0.6 is 0 Å². The zero-order valence-electron chi connectivity index (χ0n) is 10.8. The van der Waals surface area contributed by atoms with E-state index in [4.69, 9.17) is 9.52 Å². The van der Waals surface area contributed by atoms with Crippen molar-refractivity contribution in [2.24, 2.45) is 0 Å². The van der Waals surface area contributed by atoms with Crippen LogP contribution in [0.25, 0.3) is 0 Å². The summed E-state index contributed by atoms with van der Waals surface area (Å²) >= 11 is 0. The van der Waals surface area contributed by atoms with Gasteiger partial charge in [0.05, 0.1) is 11.7 Å². The molecule has 0 bridgehead atoms. The Morgan fingerprint density at radius 1 is 1.47 bits per heavy atom. The van der Waals surface area contributed by atoms with Gasteiger partial charge >= 0.3 is 5.97 Å². The van der Waals surface area contributed by atoms with Gasteiger partial charge in [-0.15, -0.1) is 0 Å². The van der Waals surface area contributed by atoms with E-state index >= 15 is 0 Å². The van der Waals surface area contributed by atoms with E-state index in [1.807, 2.05) is 19.9 Å². The minimum Gasteiger partial charge on any atom is -0.475 e. The van der Waals surface area contributed by atoms with Crippen molar-refractivity contribution in [1.82, 2.24) is 15.3 Å². The highest BCUT2D eigenvalue weighted by molar-refractivity contribution is 5.84. The van der Waals surface area contributed by atoms with E-state index in [2.05, 4.69) is 15.3 Å². The summed E-state index contributed by atoms with van der Waals surface area (Å²) in [6, 6.07) is 4.84. The molecule has 0 aliphatic rings. The number of hydrogen-bond acceptors (Lipinski definition) is 5. The van der Waals surface area contributed by atoms with Crippen LogP contribution in [0.5, 0.6) is 0 Å². The van der Waals surface area contributed by atoms with E-state index in [0.29, 0.717) is 12.3 Å². The number of carboxylic acid groups (broad SMARTS) is 1. The first-order chi connectivity index (χ1) is 9.06. The molecule has 1 unspecified atom stereocenters. The Labute approximate surface area is 110 Å². The van der Waals surface area contributed by atoms with Crippen molar-refractivity contribution in [3.63, 3.8) is 0 Å². The first-order valence-electron chi connectivity index (χ1n) is 5.91. The van der Waals surface area contributed by atoms with Crippen LogP contribution in [0.3, 0.4) is 0 Å². The molecule has 0 aliphatic heterocycles. The molecule has 0 aliphatic carbocycles. The third-order valence-electron chi connectivity index (χ3n) is 2.69. The number of nitrogens with one attached hydrogen (secondary N) is 1. The third kappa shape index (κ3) is 3.38. The average molecular weight is 261 g/mol. The summed E-state index contributed by atoms with van der Waals surface area (Å²) in [6.07, 6.45) is 1.71. The van der Waals surface area contributed by atoms with Gasteiger partial charge in [0, 0.05) is 12.7 Å². The molecule has 19 heavy (non-hydrogen) atoms. The molecule has 0 saturated heterocycles. The van der Waals surface area contributed by atoms with Crippen LogP contribution in [0, 0.1) is 6.92 Å². The van der Waals surface area contributed by atoms with Crippen LogP contribution in [-0.4, -0.2) is 21.0 Å². The maximum Gasteiger partial charge on any atom is 0.371 e. The van der Waals surface area contributed by atoms with Gasteiger partial charge in [0.1, 0.15) is 11.6 Å². The number of aryl methyl sites for hydroxylation is 1. The summed E-state index contributed by atoms with van der Waals surface area (Å²) in [5, 5.41) is 12.0. The van der Waals surface area contributed by atoms with Crippen LogP contribution in [0.4, 0.5) is 0 Å². The summed E-state index contributed by atoms with van der Waals surface area (Å²) < 4.78 is 5.22. The van der Waals surface area contributed by atoms with E-state index in [1.54, 1.807) is 12.3 Å². The smallest absolute Gasteiger partial charge is 0.371 e. The molecule has 100 valence electrons. The predicted molar refractivity (Wildman–Crippen MR) is 67.7 cm³/mol. The number of furan rings is 1. The van der Waals surface area contributed by atoms with Gasteiger partial charge < -0.3 is 14.8 Å². The molecule has 2 N–H and O–H groups in total. The topological polar surface area (TPSA) is 88.2 Å². The Kier molecular flexibility index (Phi) is 3.91. The second-order valence-corrected chi connectivity index (χ2v) is 4.20. The number of hydrogen-bond donors (Lipinski definition) is 2. The van der Waals surface area contributed by atoms with Crippen LogP contribution in [0.2, 0.25) is 0 Å². The quantitative estimate of drug-likeness (QED) is 0.855. The highest BCUT2D eigenvalue weighted by atomic mass is 16.4. The fourth-order valence-corrected chi connectivity index (χ4v) is 1.66. The Morgan fingerprint density at radius 2 is 2.26 bits per heavy atom. The third-order valence-corrected chi connectivity index (χ3v) is 2.69. The summed E-state index contributed by atoms with van der Waals surface area (Å²) in [4.78, 5) is 19.0. The average Bonchev–Trinajstić information content (AvgIpc) is 2.86. The highest BCUT2D eigenvalue weighted by Crippen LogP contribution is 2.16. The molecule has 2 aromatic heterocycles. The molecule has 0 fully saturated rings. The first-order valence-corrected chi connectivity index (χ1v) is 5.91. The van der Waals surface area contributed by atoms with Gasteiger partial charge in [0.25, 0.3) is 0 Å². The lowest BCUT2D eigenvalue weighted by Crippen LogP contribution is -2.18. The highest BCUT2D eigenvalue weighted by Gasteiger charge is 2.13. The van der Waals surface area contributed by atoms with Crippen LogP contribution in [-0.2, 0) is 6.54 Å². The maximum atomic E-state index is 10.7. The first kappa shape index (κ1) is 13.2. The van der Waals surface area contributed by atoms with Crippen molar-refractivity contribution in [2.45, 2.75) is 26.4 Å². The molecule has 2 aromatic rings. The molecule has 6 nitrogen and oxygen atoms in total. The molecule has 2 heterocycles. The van der Waals surface area contributed by atoms with Gasteiger partial charge in [-0.3, -0.25) is 0 Å². The minimum atomic E-state index is -1.06. The van der Waals surface area contributed by atoms with Gasteiger partial charge in [-0.25, -0.2) is 14.8 Å². The zero-order chi connectivity index (χ0) is 13.8. The fourth-order valence-electron chi connectivity index (χ4n) is 1.66. The van der Waals surface area contributed by atoms with E-state index in [0.717, 1.165) is 11.5 Å². The molecule has 0 saturated carbocycles. The molecule has 2 rings (SSSR count). The van der Waals surface area contributed by atoms with E-state index in [1.165, 1.54) is 6.07 Å². The van der Waals surface area contributed by atoms with Gasteiger partial charge in [-0.05, 0) is 32.0 Å². The number of nitrogens with zero attached hydrogens (tertiary/aromatic N) is 2. The lowest BCUT2D eigenvalue weighted by Gasteiger charge is -2.10. The van der Waals surface area contributed by atoms with Crippen LogP contribution in [0.1, 0.15) is 40.8 Å². The number of rotatable bonds is 5. The minimum absolute atomic E-state index is 0.0541. The lowest BCUT2D eigenvalue weighted by molar-refractivity contribution is 0.0659. The van der Waals surface area contributed by atoms with Crippen molar-refractivity contribution in [3.8, 4) is 0 Å². The molecule has 0 spiro atoms. The lowest BCUT2D eigenvalue weighted by atomic mass is 10.2. The molecule has 1 atom stereocenters. The number of carbonyl (C=O) groups is 1. The molecular weight excluding hydrogens is 246 g/mol. The maximum absolute atomic E-state index is 10.7. The van der Waals surface area contributed by atoms with Crippen molar-refractivity contribution in [3.05, 3.63) is 47.4 Å². The summed E-state index contributed by atoms with van der Waals surface area (Å²) in [7, 11) is 0. The van der Waals surface area contributed by atoms with Gasteiger partial charge in [-0.1, -0.05) is 0 Å². The summed E-state index contributed by atoms with van der Waals surface area (Å²) in [5.41, 5.74) is 0.879. The summed E-state index contributed by atoms with van der Waals surface area (Å²) in [5.74, 6) is 0.188. The second-order valence-electron chi connectivity index (χ2n) is 4.20. The monoisotopic (exact) mass is 261 g/mol. The molecular formula is C13H15N3O3. The Balaban J connectivity index is 1.97. The van der Waals surface area contributed by atoms with Gasteiger partial charge in [-0.2, -0.15) is 0 Å². The van der Waals surface area contributed by atoms with Gasteiger partial charge in [0.15, 0.2) is 0 Å². The molecule has 0 amide bonds. The van der Waals surface area contributed by atoms with Crippen molar-refractivity contribution >= 4 is 5.97 Å². The molecule has 0 radical (unpaired) electrons. The standard InChI is InChI=1S/C13H15N3O3/c1-8(11-3-4-12(19-11)13(17)18)15-7-10-5-6-14-9(2)16-10/h3-6,8,15H,7H2,1-2H3,(H,17,18). The summed E-state index contributed by atoms with van der Waals surface area (Å²) in [6.45, 7) is 4.30. The van der Waals surface area contributed by atoms with E-state index < -0.39 is 5.97 Å². The van der Waals surface area contributed by atoms with Crippen molar-refractivity contribution in [1.29, 1.82) is 0 Å². The van der Waals surface area contributed by atoms with Crippen molar-refractivity contribution in [2.75, 3.05) is 0 Å². The Hall–Kier alpha value is -2.21. The van der Waals surface area contributed by atoms with E-state index in [9.17, 15) is 4.79 Å². The van der Waals surface area contributed by atoms with Crippen LogP contribution < -0.4 is 5.32 Å². The van der Waals surface area contributed by atoms with Crippen molar-refractivity contribution < 1.29 is 14.3 Å². The number of carboxylic acids is 1. The van der Waals surface area contributed by atoms with Gasteiger partial charge in [0.2, 0.25) is 5.76 Å². The SMILES string of the molecule is Cc1nccc(CNC(C)c2ccc(C(=O)O)o2)n1. The fraction of sp³-hybridized carbons (Fsp3) is 0.308. The van der Waals surface area contributed by atoms with Crippen LogP contribution in [0.15, 0.2) is 28.8 Å². The number of aromatic nitrogens is 2. The second kappa shape index (κ2) is 5.62. The Bertz CT molecular complexity index is 580. The zero-order valence-corrected chi connectivity index (χ0v) is 10.8. The largest absolute Gasteiger partial charge is 0.475 e. The normalized spacial score (nSPS) is 12.3. The molecule has 6 heteroatoms. The Morgan fingerprint density at radius 3 is 2.89 bits per heavy atom. The predicted octanol–water partition coefficient (Wildman–Crippen LogP) is 1.93. The van der Waals surface area contributed by atoms with E-state index in [-0.39, 0.29) is 11.8 Å². The molecule has 0 aromatic carbocycles.